The molecule has 5 heteroatoms. The minimum Gasteiger partial charge on any atom is -0.383 e. The average molecular weight is 280 g/mol. The molecule has 1 aromatic heterocycles. The number of nitrogens with zero attached hydrogens (tertiary/aromatic N) is 3. The van der Waals surface area contributed by atoms with Crippen LogP contribution in [0.3, 0.4) is 0 Å². The summed E-state index contributed by atoms with van der Waals surface area (Å²) in [5.74, 6) is 1.41. The molecule has 114 valence electrons. The van der Waals surface area contributed by atoms with E-state index in [0.717, 1.165) is 31.1 Å². The molecule has 0 atom stereocenters. The van der Waals surface area contributed by atoms with Crippen molar-refractivity contribution in [1.29, 1.82) is 0 Å². The second-order valence-electron chi connectivity index (χ2n) is 5.70. The summed E-state index contributed by atoms with van der Waals surface area (Å²) in [6.45, 7) is 12.1. The van der Waals surface area contributed by atoms with E-state index >= 15 is 0 Å². The van der Waals surface area contributed by atoms with E-state index in [0.29, 0.717) is 18.6 Å². The minimum absolute atomic E-state index is 0.406. The number of methoxy groups -OCH3 is 1. The van der Waals surface area contributed by atoms with Crippen LogP contribution in [0.2, 0.25) is 0 Å². The molecule has 20 heavy (non-hydrogen) atoms. The summed E-state index contributed by atoms with van der Waals surface area (Å²) in [4.78, 5) is 11.2. The Balaban J connectivity index is 2.59. The lowest BCUT2D eigenvalue weighted by molar-refractivity contribution is 0.199. The predicted molar refractivity (Wildman–Crippen MR) is 82.9 cm³/mol. The fourth-order valence-corrected chi connectivity index (χ4v) is 1.91. The molecule has 0 bridgehead atoms. The van der Waals surface area contributed by atoms with Crippen molar-refractivity contribution in [2.24, 2.45) is 5.92 Å². The molecule has 0 spiro atoms. The Morgan fingerprint density at radius 3 is 2.35 bits per heavy atom. The van der Waals surface area contributed by atoms with Crippen molar-refractivity contribution in [2.75, 3.05) is 31.7 Å². The Morgan fingerprint density at radius 1 is 1.20 bits per heavy atom. The third kappa shape index (κ3) is 5.84. The third-order valence-electron chi connectivity index (χ3n) is 2.95. The fraction of sp³-hybridized carbons (Fsp3) is 0.733. The van der Waals surface area contributed by atoms with Gasteiger partial charge in [-0.15, -0.1) is 0 Å². The molecule has 1 heterocycles. The summed E-state index contributed by atoms with van der Waals surface area (Å²) in [6, 6.07) is 0.406. The lowest BCUT2D eigenvalue weighted by atomic mass is 10.2. The zero-order chi connectivity index (χ0) is 15.0. The smallest absolute Gasteiger partial charge is 0.225 e. The van der Waals surface area contributed by atoms with Crippen LogP contribution < -0.4 is 10.2 Å². The highest BCUT2D eigenvalue weighted by Gasteiger charge is 2.14. The molecule has 0 aromatic carbocycles. The van der Waals surface area contributed by atoms with E-state index < -0.39 is 0 Å². The van der Waals surface area contributed by atoms with Gasteiger partial charge < -0.3 is 15.0 Å². The van der Waals surface area contributed by atoms with Gasteiger partial charge in [0.15, 0.2) is 0 Å². The number of nitrogens with one attached hydrogen (secondary N) is 1. The SMILES string of the molecule is COCCNCc1cnc(N(CC(C)C)C(C)C)nc1. The highest BCUT2D eigenvalue weighted by Crippen LogP contribution is 2.13. The summed E-state index contributed by atoms with van der Waals surface area (Å²) in [5, 5.41) is 3.29. The van der Waals surface area contributed by atoms with Gasteiger partial charge in [0.05, 0.1) is 6.61 Å². The summed E-state index contributed by atoms with van der Waals surface area (Å²) in [7, 11) is 1.70. The Hall–Kier alpha value is -1.20. The zero-order valence-corrected chi connectivity index (χ0v) is 13.4. The standard InChI is InChI=1S/C15H28N4O/c1-12(2)11-19(13(3)4)15-17-9-14(10-18-15)8-16-6-7-20-5/h9-10,12-13,16H,6-8,11H2,1-5H3. The van der Waals surface area contributed by atoms with E-state index in [9.17, 15) is 0 Å². The van der Waals surface area contributed by atoms with Crippen molar-refractivity contribution in [3.8, 4) is 0 Å². The van der Waals surface area contributed by atoms with E-state index in [2.05, 4.69) is 47.9 Å². The molecular formula is C15H28N4O. The van der Waals surface area contributed by atoms with Crippen LogP contribution in [0.1, 0.15) is 33.3 Å². The molecular weight excluding hydrogens is 252 g/mol. The monoisotopic (exact) mass is 280 g/mol. The number of ether oxygens (including phenoxy) is 1. The molecule has 0 radical (unpaired) electrons. The van der Waals surface area contributed by atoms with Gasteiger partial charge >= 0.3 is 0 Å². The van der Waals surface area contributed by atoms with Crippen molar-refractivity contribution in [3.05, 3.63) is 18.0 Å². The first-order valence-electron chi connectivity index (χ1n) is 7.31. The Labute approximate surface area is 122 Å². The fourth-order valence-electron chi connectivity index (χ4n) is 1.91. The zero-order valence-electron chi connectivity index (χ0n) is 13.4. The molecule has 0 amide bonds. The summed E-state index contributed by atoms with van der Waals surface area (Å²) in [5.41, 5.74) is 1.10. The van der Waals surface area contributed by atoms with Crippen LogP contribution >= 0.6 is 0 Å². The number of rotatable bonds is 9. The van der Waals surface area contributed by atoms with Gasteiger partial charge in [-0.25, -0.2) is 9.97 Å². The van der Waals surface area contributed by atoms with Gasteiger partial charge in [0, 0.05) is 50.7 Å². The number of aromatic nitrogens is 2. The average Bonchev–Trinajstić information content (AvgIpc) is 2.41. The molecule has 0 aliphatic carbocycles. The van der Waals surface area contributed by atoms with Crippen molar-refractivity contribution < 1.29 is 4.74 Å². The summed E-state index contributed by atoms with van der Waals surface area (Å²) < 4.78 is 4.99. The van der Waals surface area contributed by atoms with Gasteiger partial charge in [-0.05, 0) is 19.8 Å². The van der Waals surface area contributed by atoms with Gasteiger partial charge in [0.1, 0.15) is 0 Å². The van der Waals surface area contributed by atoms with Crippen molar-refractivity contribution in [1.82, 2.24) is 15.3 Å². The molecule has 0 saturated carbocycles. The highest BCUT2D eigenvalue weighted by atomic mass is 16.5. The largest absolute Gasteiger partial charge is 0.383 e. The van der Waals surface area contributed by atoms with Crippen molar-refractivity contribution >= 4 is 5.95 Å². The maximum Gasteiger partial charge on any atom is 0.225 e. The van der Waals surface area contributed by atoms with Gasteiger partial charge in [0.2, 0.25) is 5.95 Å². The Kier molecular flexibility index (Phi) is 7.47. The number of hydrogen-bond acceptors (Lipinski definition) is 5. The van der Waals surface area contributed by atoms with E-state index in [-0.39, 0.29) is 0 Å². The van der Waals surface area contributed by atoms with Crippen LogP contribution in [0.4, 0.5) is 5.95 Å². The van der Waals surface area contributed by atoms with Crippen molar-refractivity contribution in [3.63, 3.8) is 0 Å². The molecule has 0 saturated heterocycles. The second-order valence-corrected chi connectivity index (χ2v) is 5.70. The molecule has 0 unspecified atom stereocenters. The minimum atomic E-state index is 0.406. The van der Waals surface area contributed by atoms with Crippen LogP contribution in [0.5, 0.6) is 0 Å². The highest BCUT2D eigenvalue weighted by molar-refractivity contribution is 5.31. The summed E-state index contributed by atoms with van der Waals surface area (Å²) in [6.07, 6.45) is 3.80. The van der Waals surface area contributed by atoms with E-state index in [1.165, 1.54) is 0 Å². The third-order valence-corrected chi connectivity index (χ3v) is 2.95. The van der Waals surface area contributed by atoms with Gasteiger partial charge in [-0.1, -0.05) is 13.8 Å². The first kappa shape index (κ1) is 16.9. The van der Waals surface area contributed by atoms with Gasteiger partial charge in [-0.3, -0.25) is 0 Å². The molecule has 1 rings (SSSR count). The number of hydrogen-bond donors (Lipinski definition) is 1. The van der Waals surface area contributed by atoms with E-state index in [1.807, 2.05) is 12.4 Å². The molecule has 0 aliphatic rings. The van der Waals surface area contributed by atoms with Gasteiger partial charge in [-0.2, -0.15) is 0 Å². The second kappa shape index (κ2) is 8.87. The Morgan fingerprint density at radius 2 is 1.85 bits per heavy atom. The first-order chi connectivity index (χ1) is 9.54. The van der Waals surface area contributed by atoms with Gasteiger partial charge in [0.25, 0.3) is 0 Å². The first-order valence-corrected chi connectivity index (χ1v) is 7.31. The molecule has 1 aromatic rings. The molecule has 1 N–H and O–H groups in total. The van der Waals surface area contributed by atoms with Crippen molar-refractivity contribution in [2.45, 2.75) is 40.3 Å². The van der Waals surface area contributed by atoms with E-state index in [1.54, 1.807) is 7.11 Å². The normalized spacial score (nSPS) is 11.3. The number of anilines is 1. The lowest BCUT2D eigenvalue weighted by Gasteiger charge is -2.28. The van der Waals surface area contributed by atoms with Crippen LogP contribution in [0.15, 0.2) is 12.4 Å². The maximum absolute atomic E-state index is 4.99. The topological polar surface area (TPSA) is 50.3 Å². The molecule has 5 nitrogen and oxygen atoms in total. The maximum atomic E-state index is 4.99. The van der Waals surface area contributed by atoms with E-state index in [4.69, 9.17) is 4.74 Å². The van der Waals surface area contributed by atoms with Crippen LogP contribution in [0, 0.1) is 5.92 Å². The Bertz CT molecular complexity index is 365. The lowest BCUT2D eigenvalue weighted by Crippen LogP contribution is -2.35. The molecule has 0 fully saturated rings. The van der Waals surface area contributed by atoms with Crippen LogP contribution in [-0.2, 0) is 11.3 Å². The van der Waals surface area contributed by atoms with Crippen LogP contribution in [0.25, 0.3) is 0 Å². The summed E-state index contributed by atoms with van der Waals surface area (Å²) >= 11 is 0. The van der Waals surface area contributed by atoms with Crippen LogP contribution in [-0.4, -0.2) is 42.8 Å². The predicted octanol–water partition coefficient (Wildman–Crippen LogP) is 2.08. The quantitative estimate of drug-likeness (QED) is 0.702. The molecule has 0 aliphatic heterocycles.